The van der Waals surface area contributed by atoms with E-state index < -0.39 is 0 Å². The minimum Gasteiger partial charge on any atom is -0.471 e. The molecule has 6 heteroatoms. The van der Waals surface area contributed by atoms with E-state index in [1.54, 1.807) is 29.1 Å². The monoisotopic (exact) mass is 487 g/mol. The first kappa shape index (κ1) is 28.9. The third kappa shape index (κ3) is 13.9. The van der Waals surface area contributed by atoms with Crippen molar-refractivity contribution in [1.82, 2.24) is 15.1 Å². The molecule has 0 unspecified atom stereocenters. The number of benzene rings is 1. The molecule has 2 rings (SSSR count). The van der Waals surface area contributed by atoms with E-state index in [2.05, 4.69) is 17.3 Å². The standard InChI is InChI=1S/C29H46FN3O2/c1-2-3-4-5-6-7-8-9-10-11-12-13-14-15-16-17-23-31-29(34)28-22-24-33(32-28)25-35-27-20-18-26(30)19-21-27/h18-22,24H,2-17,23,25H2,1H3,(H,31,34). The van der Waals surface area contributed by atoms with Gasteiger partial charge in [-0.3, -0.25) is 4.79 Å². The van der Waals surface area contributed by atoms with Crippen LogP contribution in [0.15, 0.2) is 36.5 Å². The smallest absolute Gasteiger partial charge is 0.271 e. The second-order valence-electron chi connectivity index (χ2n) is 9.53. The molecule has 1 aromatic carbocycles. The first-order valence-corrected chi connectivity index (χ1v) is 13.9. The van der Waals surface area contributed by atoms with Crippen LogP contribution < -0.4 is 10.1 Å². The third-order valence-corrected chi connectivity index (χ3v) is 6.37. The topological polar surface area (TPSA) is 56.2 Å². The molecular weight excluding hydrogens is 441 g/mol. The average molecular weight is 488 g/mol. The first-order valence-electron chi connectivity index (χ1n) is 13.9. The number of hydrogen-bond donors (Lipinski definition) is 1. The molecule has 0 fully saturated rings. The number of carbonyl (C=O) groups is 1. The normalized spacial score (nSPS) is 11.0. The van der Waals surface area contributed by atoms with Crippen LogP contribution in [0.5, 0.6) is 5.75 Å². The van der Waals surface area contributed by atoms with Crippen LogP contribution >= 0.6 is 0 Å². The summed E-state index contributed by atoms with van der Waals surface area (Å²) in [4.78, 5) is 12.3. The fraction of sp³-hybridized carbons (Fsp3) is 0.655. The van der Waals surface area contributed by atoms with Crippen LogP contribution in [0.3, 0.4) is 0 Å². The minimum atomic E-state index is -0.306. The summed E-state index contributed by atoms with van der Waals surface area (Å²) in [5.41, 5.74) is 0.379. The molecule has 0 radical (unpaired) electrons. The largest absolute Gasteiger partial charge is 0.471 e. The van der Waals surface area contributed by atoms with Crippen LogP contribution in [0.2, 0.25) is 0 Å². The van der Waals surface area contributed by atoms with E-state index in [4.69, 9.17) is 4.74 Å². The van der Waals surface area contributed by atoms with Gasteiger partial charge in [-0.1, -0.05) is 103 Å². The lowest BCUT2D eigenvalue weighted by atomic mass is 10.0. The van der Waals surface area contributed by atoms with E-state index in [1.165, 1.54) is 102 Å². The summed E-state index contributed by atoms with van der Waals surface area (Å²) in [7, 11) is 0. The van der Waals surface area contributed by atoms with Crippen molar-refractivity contribution in [3.8, 4) is 5.75 Å². The highest BCUT2D eigenvalue weighted by molar-refractivity contribution is 5.92. The lowest BCUT2D eigenvalue weighted by molar-refractivity contribution is 0.0946. The second-order valence-corrected chi connectivity index (χ2v) is 9.53. The van der Waals surface area contributed by atoms with Gasteiger partial charge in [0.2, 0.25) is 0 Å². The Labute approximate surface area is 211 Å². The van der Waals surface area contributed by atoms with Gasteiger partial charge in [-0.25, -0.2) is 9.07 Å². The van der Waals surface area contributed by atoms with E-state index in [-0.39, 0.29) is 18.5 Å². The van der Waals surface area contributed by atoms with Gasteiger partial charge in [-0.15, -0.1) is 0 Å². The molecule has 2 aromatic rings. The number of unbranched alkanes of at least 4 members (excludes halogenated alkanes) is 15. The van der Waals surface area contributed by atoms with Crippen LogP contribution in [0.4, 0.5) is 4.39 Å². The van der Waals surface area contributed by atoms with Gasteiger partial charge >= 0.3 is 0 Å². The highest BCUT2D eigenvalue weighted by Crippen LogP contribution is 2.14. The van der Waals surface area contributed by atoms with E-state index in [0.717, 1.165) is 12.8 Å². The summed E-state index contributed by atoms with van der Waals surface area (Å²) in [6.45, 7) is 3.12. The fourth-order valence-electron chi connectivity index (χ4n) is 4.19. The molecule has 35 heavy (non-hydrogen) atoms. The van der Waals surface area contributed by atoms with E-state index in [9.17, 15) is 9.18 Å². The maximum atomic E-state index is 12.9. The molecule has 1 N–H and O–H groups in total. The molecule has 0 saturated carbocycles. The Bertz CT molecular complexity index is 791. The van der Waals surface area contributed by atoms with Crippen molar-refractivity contribution < 1.29 is 13.9 Å². The van der Waals surface area contributed by atoms with E-state index in [1.807, 2.05) is 0 Å². The van der Waals surface area contributed by atoms with E-state index >= 15 is 0 Å². The molecule has 0 spiro atoms. The van der Waals surface area contributed by atoms with Crippen molar-refractivity contribution in [1.29, 1.82) is 0 Å². The molecular formula is C29H46FN3O2. The molecule has 0 aliphatic heterocycles. The Morgan fingerprint density at radius 2 is 1.31 bits per heavy atom. The van der Waals surface area contributed by atoms with Gasteiger partial charge in [-0.2, -0.15) is 5.10 Å². The lowest BCUT2D eigenvalue weighted by Crippen LogP contribution is -2.25. The van der Waals surface area contributed by atoms with Crippen molar-refractivity contribution in [2.75, 3.05) is 6.54 Å². The van der Waals surface area contributed by atoms with Gasteiger partial charge in [0.25, 0.3) is 5.91 Å². The van der Waals surface area contributed by atoms with Crippen molar-refractivity contribution in [3.05, 3.63) is 48.0 Å². The van der Waals surface area contributed by atoms with Crippen LogP contribution in [0.25, 0.3) is 0 Å². The zero-order valence-corrected chi connectivity index (χ0v) is 21.8. The summed E-state index contributed by atoms with van der Waals surface area (Å²) in [5.74, 6) is 0.0858. The summed E-state index contributed by atoms with van der Waals surface area (Å²) in [6.07, 6.45) is 23.1. The van der Waals surface area contributed by atoms with Crippen molar-refractivity contribution >= 4 is 5.91 Å². The average Bonchev–Trinajstić information content (AvgIpc) is 3.35. The highest BCUT2D eigenvalue weighted by Gasteiger charge is 2.09. The van der Waals surface area contributed by atoms with Crippen LogP contribution in [0, 0.1) is 5.82 Å². The Morgan fingerprint density at radius 1 is 0.800 bits per heavy atom. The van der Waals surface area contributed by atoms with Gasteiger partial charge < -0.3 is 10.1 Å². The van der Waals surface area contributed by atoms with Crippen molar-refractivity contribution in [3.63, 3.8) is 0 Å². The Hall–Kier alpha value is -2.37. The predicted octanol–water partition coefficient (Wildman–Crippen LogP) is 8.05. The maximum Gasteiger partial charge on any atom is 0.271 e. The lowest BCUT2D eigenvalue weighted by Gasteiger charge is -2.06. The van der Waals surface area contributed by atoms with Crippen LogP contribution in [-0.2, 0) is 6.73 Å². The first-order chi connectivity index (χ1) is 17.2. The maximum absolute atomic E-state index is 12.9. The zero-order valence-electron chi connectivity index (χ0n) is 21.8. The molecule has 0 aliphatic carbocycles. The number of carbonyl (C=O) groups excluding carboxylic acids is 1. The zero-order chi connectivity index (χ0) is 25.0. The molecule has 0 aliphatic rings. The number of nitrogens with one attached hydrogen (secondary N) is 1. The minimum absolute atomic E-state index is 0.161. The molecule has 1 amide bonds. The van der Waals surface area contributed by atoms with Crippen molar-refractivity contribution in [2.45, 2.75) is 116 Å². The Morgan fingerprint density at radius 3 is 1.86 bits per heavy atom. The number of rotatable bonds is 21. The van der Waals surface area contributed by atoms with Gasteiger partial charge in [0.05, 0.1) is 0 Å². The number of hydrogen-bond acceptors (Lipinski definition) is 3. The summed E-state index contributed by atoms with van der Waals surface area (Å²) < 4.78 is 20.0. The Kier molecular flexibility index (Phi) is 15.6. The third-order valence-electron chi connectivity index (χ3n) is 6.37. The molecule has 1 aromatic heterocycles. The molecule has 5 nitrogen and oxygen atoms in total. The summed E-state index contributed by atoms with van der Waals surface area (Å²) in [5, 5.41) is 7.19. The van der Waals surface area contributed by atoms with Gasteiger partial charge in [0.15, 0.2) is 6.73 Å². The molecule has 0 bridgehead atoms. The van der Waals surface area contributed by atoms with E-state index in [0.29, 0.717) is 18.0 Å². The number of nitrogens with zero attached hydrogens (tertiary/aromatic N) is 2. The number of ether oxygens (including phenoxy) is 1. The van der Waals surface area contributed by atoms with Crippen LogP contribution in [-0.4, -0.2) is 22.2 Å². The van der Waals surface area contributed by atoms with Gasteiger partial charge in [-0.05, 0) is 36.8 Å². The molecule has 1 heterocycles. The SMILES string of the molecule is CCCCCCCCCCCCCCCCCCNC(=O)c1ccn(COc2ccc(F)cc2)n1. The number of aromatic nitrogens is 2. The summed E-state index contributed by atoms with van der Waals surface area (Å²) in [6, 6.07) is 7.48. The van der Waals surface area contributed by atoms with Crippen molar-refractivity contribution in [2.24, 2.45) is 0 Å². The summed E-state index contributed by atoms with van der Waals surface area (Å²) >= 11 is 0. The van der Waals surface area contributed by atoms with Gasteiger partial charge in [0, 0.05) is 12.7 Å². The number of halogens is 1. The van der Waals surface area contributed by atoms with Crippen LogP contribution in [0.1, 0.15) is 120 Å². The fourth-order valence-corrected chi connectivity index (χ4v) is 4.19. The number of amides is 1. The second kappa shape index (κ2) is 18.9. The quantitative estimate of drug-likeness (QED) is 0.181. The molecule has 196 valence electrons. The van der Waals surface area contributed by atoms with Gasteiger partial charge in [0.1, 0.15) is 17.3 Å². The molecule has 0 atom stereocenters. The molecule has 0 saturated heterocycles. The highest BCUT2D eigenvalue weighted by atomic mass is 19.1. The Balaban J connectivity index is 1.38. The predicted molar refractivity (Wildman–Crippen MR) is 141 cm³/mol.